The second kappa shape index (κ2) is 4.31. The van der Waals surface area contributed by atoms with Gasteiger partial charge in [0.25, 0.3) is 0 Å². The minimum Gasteiger partial charge on any atom is -0.626 e. The van der Waals surface area contributed by atoms with Gasteiger partial charge >= 0.3 is 0 Å². The third-order valence-corrected chi connectivity index (χ3v) is 5.04. The summed E-state index contributed by atoms with van der Waals surface area (Å²) in [4.78, 5) is 2.19. The van der Waals surface area contributed by atoms with Gasteiger partial charge in [0.2, 0.25) is 0 Å². The average molecular weight is 396 g/mol. The molecule has 4 rings (SSSR count). The Kier molecular flexibility index (Phi) is 2.76. The Bertz CT molecular complexity index is 719. The van der Waals surface area contributed by atoms with Crippen molar-refractivity contribution in [2.75, 3.05) is 11.6 Å². The van der Waals surface area contributed by atoms with Crippen molar-refractivity contribution in [3.05, 3.63) is 61.7 Å². The number of halogens is 2. The largest absolute Gasteiger partial charge is 0.626 e. The molecule has 0 fully saturated rings. The first-order valence-electron chi connectivity index (χ1n) is 6.46. The summed E-state index contributed by atoms with van der Waals surface area (Å²) in [6.07, 6.45) is 0. The molecule has 0 amide bonds. The van der Waals surface area contributed by atoms with Gasteiger partial charge in [0.05, 0.1) is 12.2 Å². The van der Waals surface area contributed by atoms with E-state index in [1.165, 1.54) is 5.69 Å². The molecule has 20 heavy (non-hydrogen) atoms. The SMILES string of the molecule is [O-][N+]12Cc3cc(Br)ccc3N(Cc3cc(Br)ccc31)C2. The summed E-state index contributed by atoms with van der Waals surface area (Å²) in [5.74, 6) is 0. The Balaban J connectivity index is 1.90. The topological polar surface area (TPSA) is 26.3 Å². The quantitative estimate of drug-likeness (QED) is 0.484. The van der Waals surface area contributed by atoms with Gasteiger partial charge in [-0.05, 0) is 30.3 Å². The van der Waals surface area contributed by atoms with Crippen molar-refractivity contribution >= 4 is 43.2 Å². The second-order valence-electron chi connectivity index (χ2n) is 5.43. The Labute approximate surface area is 134 Å². The van der Waals surface area contributed by atoms with Crippen molar-refractivity contribution < 1.29 is 0 Å². The fourth-order valence-electron chi connectivity index (χ4n) is 3.25. The first-order chi connectivity index (χ1) is 9.55. The van der Waals surface area contributed by atoms with Crippen LogP contribution in [0.1, 0.15) is 11.1 Å². The predicted octanol–water partition coefficient (Wildman–Crippen LogP) is 4.51. The first kappa shape index (κ1) is 12.8. The standard InChI is InChI=1S/C15H12Br2N2O/c16-12-1-3-14-11(6-12)8-19(20)9-18(14)7-10-5-13(17)2-4-15(10)19/h1-6H,7-9H2. The van der Waals surface area contributed by atoms with Crippen LogP contribution in [-0.2, 0) is 13.1 Å². The highest BCUT2D eigenvalue weighted by Gasteiger charge is 2.38. The molecule has 0 saturated heterocycles. The molecule has 0 N–H and O–H groups in total. The summed E-state index contributed by atoms with van der Waals surface area (Å²) in [7, 11) is 0. The molecular weight excluding hydrogens is 384 g/mol. The number of hydroxylamine groups is 2. The molecule has 2 aromatic rings. The van der Waals surface area contributed by atoms with Gasteiger partial charge in [0, 0.05) is 26.1 Å². The molecule has 5 heteroatoms. The Morgan fingerprint density at radius 1 is 1.00 bits per heavy atom. The minimum absolute atomic E-state index is 0.286. The maximum atomic E-state index is 13.2. The van der Waals surface area contributed by atoms with Crippen LogP contribution in [0, 0.1) is 5.21 Å². The highest BCUT2D eigenvalue weighted by molar-refractivity contribution is 9.10. The van der Waals surface area contributed by atoms with E-state index < -0.39 is 0 Å². The number of benzene rings is 2. The number of hydrogen-bond acceptors (Lipinski definition) is 2. The molecule has 1 atom stereocenters. The number of hydrogen-bond donors (Lipinski definition) is 0. The fraction of sp³-hybridized carbons (Fsp3) is 0.200. The first-order valence-corrected chi connectivity index (χ1v) is 8.04. The fourth-order valence-corrected chi connectivity index (χ4v) is 4.06. The lowest BCUT2D eigenvalue weighted by atomic mass is 10.0. The number of fused-ring (bicyclic) bond motifs is 6. The van der Waals surface area contributed by atoms with Crippen LogP contribution < -0.4 is 9.55 Å². The second-order valence-corrected chi connectivity index (χ2v) is 7.26. The van der Waals surface area contributed by atoms with Crippen LogP contribution in [0.4, 0.5) is 11.4 Å². The van der Waals surface area contributed by atoms with E-state index in [4.69, 9.17) is 0 Å². The van der Waals surface area contributed by atoms with Crippen molar-refractivity contribution in [3.63, 3.8) is 0 Å². The zero-order valence-corrected chi connectivity index (χ0v) is 13.8. The number of quaternary nitrogens is 1. The molecule has 102 valence electrons. The van der Waals surface area contributed by atoms with Crippen LogP contribution in [-0.4, -0.2) is 6.67 Å². The van der Waals surface area contributed by atoms with Crippen LogP contribution in [0.2, 0.25) is 0 Å². The minimum atomic E-state index is -0.286. The normalized spacial score (nSPS) is 23.2. The van der Waals surface area contributed by atoms with E-state index in [1.807, 2.05) is 18.2 Å². The van der Waals surface area contributed by atoms with E-state index in [0.717, 1.165) is 32.3 Å². The Morgan fingerprint density at radius 2 is 1.70 bits per heavy atom. The lowest BCUT2D eigenvalue weighted by Crippen LogP contribution is -2.57. The summed E-state index contributed by atoms with van der Waals surface area (Å²) in [5.41, 5.74) is 4.32. The average Bonchev–Trinajstić information content (AvgIpc) is 2.37. The molecule has 1 unspecified atom stereocenters. The summed E-state index contributed by atoms with van der Waals surface area (Å²) >= 11 is 6.99. The van der Waals surface area contributed by atoms with Gasteiger partial charge in [-0.15, -0.1) is 0 Å². The zero-order chi connectivity index (χ0) is 13.9. The van der Waals surface area contributed by atoms with Crippen LogP contribution in [0.3, 0.4) is 0 Å². The number of anilines is 1. The van der Waals surface area contributed by atoms with Gasteiger partial charge in [-0.2, -0.15) is 0 Å². The molecule has 2 aromatic carbocycles. The predicted molar refractivity (Wildman–Crippen MR) is 88.2 cm³/mol. The van der Waals surface area contributed by atoms with E-state index in [1.54, 1.807) is 0 Å². The highest BCUT2D eigenvalue weighted by Crippen LogP contribution is 2.43. The third kappa shape index (κ3) is 1.84. The molecule has 0 spiro atoms. The molecule has 2 bridgehead atoms. The van der Waals surface area contributed by atoms with Crippen molar-refractivity contribution in [1.29, 1.82) is 0 Å². The highest BCUT2D eigenvalue weighted by atomic mass is 79.9. The monoisotopic (exact) mass is 394 g/mol. The van der Waals surface area contributed by atoms with Crippen molar-refractivity contribution in [2.45, 2.75) is 13.1 Å². The number of rotatable bonds is 0. The van der Waals surface area contributed by atoms with Gasteiger partial charge < -0.3 is 14.8 Å². The molecule has 2 heterocycles. The van der Waals surface area contributed by atoms with E-state index >= 15 is 0 Å². The van der Waals surface area contributed by atoms with Gasteiger partial charge in [-0.3, -0.25) is 0 Å². The lowest BCUT2D eigenvalue weighted by Gasteiger charge is -2.53. The van der Waals surface area contributed by atoms with E-state index in [0.29, 0.717) is 13.2 Å². The molecular formula is C15H12Br2N2O. The maximum absolute atomic E-state index is 13.2. The molecule has 0 radical (unpaired) electrons. The summed E-state index contributed by atoms with van der Waals surface area (Å²) in [6.45, 7) is 1.80. The van der Waals surface area contributed by atoms with Crippen LogP contribution in [0.15, 0.2) is 45.3 Å². The molecule has 2 aliphatic heterocycles. The van der Waals surface area contributed by atoms with Crippen LogP contribution in [0.5, 0.6) is 0 Å². The zero-order valence-electron chi connectivity index (χ0n) is 10.6. The van der Waals surface area contributed by atoms with Crippen LogP contribution >= 0.6 is 31.9 Å². The Morgan fingerprint density at radius 3 is 2.50 bits per heavy atom. The lowest BCUT2D eigenvalue weighted by molar-refractivity contribution is 0.323. The smallest absolute Gasteiger partial charge is 0.159 e. The van der Waals surface area contributed by atoms with Gasteiger partial charge in [0.15, 0.2) is 6.67 Å². The van der Waals surface area contributed by atoms with Gasteiger partial charge in [-0.1, -0.05) is 31.9 Å². The van der Waals surface area contributed by atoms with E-state index in [9.17, 15) is 5.21 Å². The third-order valence-electron chi connectivity index (χ3n) is 4.05. The van der Waals surface area contributed by atoms with Gasteiger partial charge in [-0.25, -0.2) is 0 Å². The summed E-state index contributed by atoms with van der Waals surface area (Å²) < 4.78 is 1.77. The van der Waals surface area contributed by atoms with Crippen molar-refractivity contribution in [3.8, 4) is 0 Å². The van der Waals surface area contributed by atoms with Crippen LogP contribution in [0.25, 0.3) is 0 Å². The molecule has 0 saturated carbocycles. The summed E-state index contributed by atoms with van der Waals surface area (Å²) in [5, 5.41) is 13.2. The molecule has 3 nitrogen and oxygen atoms in total. The van der Waals surface area contributed by atoms with E-state index in [-0.39, 0.29) is 4.65 Å². The van der Waals surface area contributed by atoms with E-state index in [2.05, 4.69) is 55.0 Å². The Hall–Kier alpha value is -0.880. The molecule has 0 aromatic heterocycles. The summed E-state index contributed by atoms with van der Waals surface area (Å²) in [6, 6.07) is 12.2. The van der Waals surface area contributed by atoms with Gasteiger partial charge in [0.1, 0.15) is 12.2 Å². The number of nitrogens with zero attached hydrogens (tertiary/aromatic N) is 2. The van der Waals surface area contributed by atoms with Crippen molar-refractivity contribution in [2.24, 2.45) is 0 Å². The molecule has 0 aliphatic carbocycles. The maximum Gasteiger partial charge on any atom is 0.159 e. The van der Waals surface area contributed by atoms with Crippen molar-refractivity contribution in [1.82, 2.24) is 4.65 Å². The molecule has 2 aliphatic rings.